The molecule has 0 radical (unpaired) electrons. The molecule has 19 heavy (non-hydrogen) atoms. The highest BCUT2D eigenvalue weighted by Crippen LogP contribution is 2.24. The molecule has 3 nitrogen and oxygen atoms in total. The Bertz CT molecular complexity index is 568. The second-order valence-electron chi connectivity index (χ2n) is 4.78. The minimum Gasteiger partial charge on any atom is -0.388 e. The highest BCUT2D eigenvalue weighted by Gasteiger charge is 2.15. The molecule has 1 atom stereocenters. The number of halogens is 2. The molecule has 0 bridgehead atoms. The van der Waals surface area contributed by atoms with Crippen LogP contribution in [-0.2, 0) is 6.42 Å². The molecule has 5 heteroatoms. The number of benzene rings is 1. The number of nitrogens with zero attached hydrogens (tertiary/aromatic N) is 2. The summed E-state index contributed by atoms with van der Waals surface area (Å²) in [7, 11) is 0. The van der Waals surface area contributed by atoms with Gasteiger partial charge in [0, 0.05) is 24.2 Å². The lowest BCUT2D eigenvalue weighted by Gasteiger charge is -2.10. The molecule has 102 valence electrons. The summed E-state index contributed by atoms with van der Waals surface area (Å²) in [5.41, 5.74) is 1.07. The SMILES string of the molecule is CC(C)n1cc(C(O)Cc2cccc(Cl)c2F)cn1. The van der Waals surface area contributed by atoms with Crippen molar-refractivity contribution in [3.63, 3.8) is 0 Å². The Balaban J connectivity index is 2.16. The van der Waals surface area contributed by atoms with Crippen LogP contribution in [0.1, 0.15) is 37.1 Å². The first-order valence-electron chi connectivity index (χ1n) is 6.14. The van der Waals surface area contributed by atoms with Crippen LogP contribution in [0.2, 0.25) is 5.02 Å². The average Bonchev–Trinajstić information content (AvgIpc) is 2.84. The van der Waals surface area contributed by atoms with Crippen molar-refractivity contribution in [2.75, 3.05) is 0 Å². The maximum absolute atomic E-state index is 13.7. The van der Waals surface area contributed by atoms with E-state index in [-0.39, 0.29) is 17.5 Å². The predicted octanol–water partition coefficient (Wildman–Crippen LogP) is 3.53. The molecule has 1 unspecified atom stereocenters. The molecule has 0 amide bonds. The zero-order chi connectivity index (χ0) is 14.0. The number of rotatable bonds is 4. The lowest BCUT2D eigenvalue weighted by molar-refractivity contribution is 0.177. The van der Waals surface area contributed by atoms with E-state index in [4.69, 9.17) is 11.6 Å². The van der Waals surface area contributed by atoms with Gasteiger partial charge in [0.2, 0.25) is 0 Å². The Morgan fingerprint density at radius 3 is 2.79 bits per heavy atom. The summed E-state index contributed by atoms with van der Waals surface area (Å²) in [6, 6.07) is 5.01. The molecule has 0 fully saturated rings. The van der Waals surface area contributed by atoms with Crippen LogP contribution in [0.15, 0.2) is 30.6 Å². The topological polar surface area (TPSA) is 38.0 Å². The molecule has 1 aromatic heterocycles. The fraction of sp³-hybridized carbons (Fsp3) is 0.357. The summed E-state index contributed by atoms with van der Waals surface area (Å²) >= 11 is 5.72. The van der Waals surface area contributed by atoms with Gasteiger partial charge in [0.1, 0.15) is 5.82 Å². The predicted molar refractivity (Wildman–Crippen MR) is 72.7 cm³/mol. The molecule has 0 spiro atoms. The fourth-order valence-corrected chi connectivity index (χ4v) is 2.03. The van der Waals surface area contributed by atoms with Crippen LogP contribution < -0.4 is 0 Å². The van der Waals surface area contributed by atoms with E-state index in [1.807, 2.05) is 13.8 Å². The van der Waals surface area contributed by atoms with E-state index in [0.29, 0.717) is 11.1 Å². The van der Waals surface area contributed by atoms with Crippen molar-refractivity contribution in [1.82, 2.24) is 9.78 Å². The van der Waals surface area contributed by atoms with Gasteiger partial charge < -0.3 is 5.11 Å². The smallest absolute Gasteiger partial charge is 0.145 e. The Morgan fingerprint density at radius 1 is 1.42 bits per heavy atom. The number of aliphatic hydroxyl groups excluding tert-OH is 1. The third-order valence-corrected chi connectivity index (χ3v) is 3.27. The van der Waals surface area contributed by atoms with Gasteiger partial charge in [0.05, 0.1) is 17.3 Å². The van der Waals surface area contributed by atoms with Gasteiger partial charge >= 0.3 is 0 Å². The van der Waals surface area contributed by atoms with Crippen molar-refractivity contribution in [3.8, 4) is 0 Å². The van der Waals surface area contributed by atoms with Crippen LogP contribution in [0.5, 0.6) is 0 Å². The summed E-state index contributed by atoms with van der Waals surface area (Å²) < 4.78 is 15.5. The second-order valence-corrected chi connectivity index (χ2v) is 5.19. The summed E-state index contributed by atoms with van der Waals surface area (Å²) in [5, 5.41) is 14.3. The Labute approximate surface area is 116 Å². The largest absolute Gasteiger partial charge is 0.388 e. The molecular weight excluding hydrogens is 267 g/mol. The highest BCUT2D eigenvalue weighted by atomic mass is 35.5. The number of hydrogen-bond donors (Lipinski definition) is 1. The molecule has 0 aliphatic rings. The van der Waals surface area contributed by atoms with Gasteiger partial charge in [-0.3, -0.25) is 4.68 Å². The first-order valence-corrected chi connectivity index (χ1v) is 6.52. The third kappa shape index (κ3) is 3.14. The van der Waals surface area contributed by atoms with E-state index in [9.17, 15) is 9.50 Å². The van der Waals surface area contributed by atoms with Crippen LogP contribution in [0.3, 0.4) is 0 Å². The Kier molecular flexibility index (Phi) is 4.22. The van der Waals surface area contributed by atoms with Gasteiger partial charge in [-0.2, -0.15) is 5.10 Å². The highest BCUT2D eigenvalue weighted by molar-refractivity contribution is 6.30. The zero-order valence-corrected chi connectivity index (χ0v) is 11.6. The fourth-order valence-electron chi connectivity index (χ4n) is 1.84. The van der Waals surface area contributed by atoms with Gasteiger partial charge in [-0.1, -0.05) is 23.7 Å². The maximum atomic E-state index is 13.7. The molecule has 2 rings (SSSR count). The first kappa shape index (κ1) is 14.0. The third-order valence-electron chi connectivity index (χ3n) is 2.98. The minimum atomic E-state index is -0.791. The van der Waals surface area contributed by atoms with Crippen LogP contribution in [0, 0.1) is 5.82 Å². The van der Waals surface area contributed by atoms with Gasteiger partial charge in [0.15, 0.2) is 0 Å². The van der Waals surface area contributed by atoms with E-state index in [0.717, 1.165) is 0 Å². The number of hydrogen-bond acceptors (Lipinski definition) is 2. The van der Waals surface area contributed by atoms with E-state index >= 15 is 0 Å². The van der Waals surface area contributed by atoms with E-state index in [1.165, 1.54) is 6.07 Å². The molecule has 1 aromatic carbocycles. The molecule has 1 N–H and O–H groups in total. The zero-order valence-electron chi connectivity index (χ0n) is 10.8. The number of aromatic nitrogens is 2. The summed E-state index contributed by atoms with van der Waals surface area (Å²) in [4.78, 5) is 0. The van der Waals surface area contributed by atoms with Crippen LogP contribution in [0.4, 0.5) is 4.39 Å². The first-order chi connectivity index (χ1) is 8.99. The van der Waals surface area contributed by atoms with Gasteiger partial charge in [-0.05, 0) is 25.5 Å². The van der Waals surface area contributed by atoms with Gasteiger partial charge in [0.25, 0.3) is 0 Å². The Morgan fingerprint density at radius 2 is 2.16 bits per heavy atom. The van der Waals surface area contributed by atoms with Crippen LogP contribution in [-0.4, -0.2) is 14.9 Å². The van der Waals surface area contributed by atoms with Crippen molar-refractivity contribution in [2.24, 2.45) is 0 Å². The van der Waals surface area contributed by atoms with Gasteiger partial charge in [-0.25, -0.2) is 4.39 Å². The molecular formula is C14H16ClFN2O. The maximum Gasteiger partial charge on any atom is 0.145 e. The lowest BCUT2D eigenvalue weighted by atomic mass is 10.0. The summed E-state index contributed by atoms with van der Waals surface area (Å²) in [6.45, 7) is 4.00. The van der Waals surface area contributed by atoms with Crippen molar-refractivity contribution < 1.29 is 9.50 Å². The van der Waals surface area contributed by atoms with Crippen molar-refractivity contribution in [3.05, 3.63) is 52.6 Å². The van der Waals surface area contributed by atoms with E-state index < -0.39 is 11.9 Å². The van der Waals surface area contributed by atoms with Crippen molar-refractivity contribution in [1.29, 1.82) is 0 Å². The normalized spacial score (nSPS) is 12.9. The monoisotopic (exact) mass is 282 g/mol. The summed E-state index contributed by atoms with van der Waals surface area (Å²) in [5.74, 6) is -0.473. The average molecular weight is 283 g/mol. The molecule has 0 saturated carbocycles. The van der Waals surface area contributed by atoms with E-state index in [1.54, 1.807) is 29.2 Å². The molecule has 1 heterocycles. The quantitative estimate of drug-likeness (QED) is 0.931. The standard InChI is InChI=1S/C14H16ClFN2O/c1-9(2)18-8-11(7-17-18)13(19)6-10-4-3-5-12(15)14(10)16/h3-5,7-9,13,19H,6H2,1-2H3. The Hall–Kier alpha value is -1.39. The van der Waals surface area contributed by atoms with Crippen LogP contribution in [0.25, 0.3) is 0 Å². The van der Waals surface area contributed by atoms with E-state index in [2.05, 4.69) is 5.10 Å². The van der Waals surface area contributed by atoms with Gasteiger partial charge in [-0.15, -0.1) is 0 Å². The molecule has 2 aromatic rings. The van der Waals surface area contributed by atoms with Crippen LogP contribution >= 0.6 is 11.6 Å². The lowest BCUT2D eigenvalue weighted by Crippen LogP contribution is -2.04. The summed E-state index contributed by atoms with van der Waals surface area (Å²) in [6.07, 6.45) is 2.77. The molecule has 0 aliphatic heterocycles. The molecule has 0 aliphatic carbocycles. The minimum absolute atomic E-state index is 0.0718. The number of aliphatic hydroxyl groups is 1. The van der Waals surface area contributed by atoms with Crippen molar-refractivity contribution in [2.45, 2.75) is 32.4 Å². The van der Waals surface area contributed by atoms with Crippen molar-refractivity contribution >= 4 is 11.6 Å². The second kappa shape index (κ2) is 5.72. The molecule has 0 saturated heterocycles.